The van der Waals surface area contributed by atoms with E-state index >= 15 is 0 Å². The van der Waals surface area contributed by atoms with E-state index in [1.54, 1.807) is 0 Å². The van der Waals surface area contributed by atoms with Crippen molar-refractivity contribution in [2.24, 2.45) is 0 Å². The van der Waals surface area contributed by atoms with Crippen LogP contribution in [0.15, 0.2) is 0 Å². The second-order valence-electron chi connectivity index (χ2n) is 34.5. The van der Waals surface area contributed by atoms with E-state index in [-0.39, 0.29) is 0 Å². The molecule has 38 N–H and O–H groups in total. The Morgan fingerprint density at radius 3 is 0.728 bits per heavy atom. The van der Waals surface area contributed by atoms with Crippen molar-refractivity contribution in [3.63, 3.8) is 0 Å². The van der Waals surface area contributed by atoms with Crippen molar-refractivity contribution in [2.75, 3.05) is 79.3 Å². The number of carbonyl (C=O) groups is 1. The minimum absolute atomic E-state index is 0.926. The van der Waals surface area contributed by atoms with Crippen LogP contribution in [0, 0.1) is 0 Å². The summed E-state index contributed by atoms with van der Waals surface area (Å²) in [5.41, 5.74) is 0. The number of nitrogens with one attached hydrogen (secondary N) is 1. The van der Waals surface area contributed by atoms with Crippen molar-refractivity contribution in [3.8, 4) is 0 Å². The highest BCUT2D eigenvalue weighted by Gasteiger charge is 2.63. The van der Waals surface area contributed by atoms with Crippen LogP contribution in [0.25, 0.3) is 0 Å². The van der Waals surface area contributed by atoms with Gasteiger partial charge in [0, 0.05) is 6.92 Å². The number of carbonyl (C=O) groups excluding carboxylic acids is 1. The van der Waals surface area contributed by atoms with E-state index in [4.69, 9.17) is 109 Å². The summed E-state index contributed by atoms with van der Waals surface area (Å²) in [4.78, 5) is 12.5. The molecule has 0 saturated carbocycles. The number of amides is 1. The molecule has 1 unspecified atom stereocenters. The quantitative estimate of drug-likeness (QED) is 0.0280. The molecule has 60 atom stereocenters. The van der Waals surface area contributed by atoms with Gasteiger partial charge in [0.2, 0.25) is 5.91 Å². The summed E-state index contributed by atoms with van der Waals surface area (Å²) >= 11 is 0. The van der Waals surface area contributed by atoms with Crippen LogP contribution in [-0.4, -0.2) is 643 Å². The van der Waals surface area contributed by atoms with Gasteiger partial charge < -0.3 is 303 Å². The maximum absolute atomic E-state index is 12.9. The van der Waals surface area contributed by atoms with Gasteiger partial charge in [-0.05, 0) is 0 Å². The van der Waals surface area contributed by atoms with Gasteiger partial charge in [0.05, 0.1) is 79.3 Å². The van der Waals surface area contributed by atoms with Crippen molar-refractivity contribution < 1.29 is 303 Å². The molecule has 12 saturated heterocycles. The Kier molecular flexibility index (Phi) is 40.0. The molecule has 0 aromatic heterocycles. The van der Waals surface area contributed by atoms with Crippen LogP contribution in [0.3, 0.4) is 0 Å². The Labute approximate surface area is 766 Å². The zero-order valence-corrected chi connectivity index (χ0v) is 71.5. The summed E-state index contributed by atoms with van der Waals surface area (Å²) in [6.07, 6.45) is -132. The summed E-state index contributed by atoms with van der Waals surface area (Å²) in [6, 6.07) is -1.89. The highest BCUT2D eigenvalue weighted by molar-refractivity contribution is 5.73. The summed E-state index contributed by atoms with van der Waals surface area (Å²) in [7, 11) is 0. The highest BCUT2D eigenvalue weighted by atomic mass is 16.8. The maximum atomic E-state index is 12.9. The van der Waals surface area contributed by atoms with Gasteiger partial charge >= 0.3 is 0 Å². The Hall–Kier alpha value is -2.93. The van der Waals surface area contributed by atoms with Crippen molar-refractivity contribution in [2.45, 2.75) is 375 Å². The normalized spacial score (nSPS) is 52.8. The average molecular weight is 2000 g/mol. The van der Waals surface area contributed by atoms with Gasteiger partial charge in [-0.15, -0.1) is 0 Å². The first-order valence-electron chi connectivity index (χ1n) is 43.2. The lowest BCUT2D eigenvalue weighted by atomic mass is 9.94. The zero-order chi connectivity index (χ0) is 99.7. The molecule has 62 nitrogen and oxygen atoms in total. The second-order valence-corrected chi connectivity index (χ2v) is 34.5. The molecule has 0 aromatic carbocycles. The van der Waals surface area contributed by atoms with Crippen LogP contribution in [0.1, 0.15) is 6.92 Å². The SMILES string of the molecule is CC(=O)N[C@H]1C(O)O[C@H](CO)[C@@H](O[C@@H]2O[C@H](CO[C@H]3O[C@H](CO[C@H]4O[C@H](CO)[C@@H](O)[C@H](O)[C@@H]4O[C@H]4O[C@H](CO)[C@@H](O)[C@H](O[C@H]5O[C@H](CO)[C@@H](O)[C@H](O)[C@@H]5O)[C@@H]4O)[C@@H](O)[C@H](O[C@H]4O[C@H](CO)[C@@H](O)[C@H](O)[C@@H]4O)[C@@H]3O)[C@@H](O)[C@H](O[C@H]3O[C@H](CO[C@H]4O[C@H](CO)[C@@H](O)[C@H](O)[C@@H]4O)[C@@H](O)[C@@H](O)[C@@H]3O[C@H]3O[C@H](CO)[C@@H](O)[C@H](O)[C@@H]3O[C@H]3O[C@H](CO)[C@@H](O)[C@H](O[C@H]4O[C@H](CO)[C@@H](O)[C@H](O)[C@@H]4O)[C@@H]3O)[C@@H]2O)[C@@H]1O. The molecular weight excluding hydrogens is 1880 g/mol. The molecule has 12 fully saturated rings. The number of ether oxygens (including phenoxy) is 23. The van der Waals surface area contributed by atoms with Gasteiger partial charge in [-0.2, -0.15) is 0 Å². The van der Waals surface area contributed by atoms with E-state index in [2.05, 4.69) is 5.32 Å². The monoisotopic (exact) mass is 2000 g/mol. The van der Waals surface area contributed by atoms with Gasteiger partial charge in [0.1, 0.15) is 293 Å². The summed E-state index contributed by atoms with van der Waals surface area (Å²) in [5, 5.41) is 415. The fourth-order valence-electron chi connectivity index (χ4n) is 17.4. The molecule has 136 heavy (non-hydrogen) atoms. The smallest absolute Gasteiger partial charge is 0.217 e. The third-order valence-corrected chi connectivity index (χ3v) is 25.5. The van der Waals surface area contributed by atoms with E-state index < -0.39 is 454 Å². The Bertz CT molecular complexity index is 3590. The number of rotatable bonds is 35. The van der Waals surface area contributed by atoms with Crippen LogP contribution in [0.2, 0.25) is 0 Å². The molecule has 12 aliphatic rings. The van der Waals surface area contributed by atoms with Gasteiger partial charge in [-0.25, -0.2) is 0 Å². The fourth-order valence-corrected chi connectivity index (χ4v) is 17.4. The van der Waals surface area contributed by atoms with Gasteiger partial charge in [-0.1, -0.05) is 0 Å². The summed E-state index contributed by atoms with van der Waals surface area (Å²) in [5.74, 6) is -0.933. The Morgan fingerprint density at radius 1 is 0.191 bits per heavy atom. The number of hydrogen-bond donors (Lipinski definition) is 38. The second kappa shape index (κ2) is 48.6. The molecular formula is C74H125NO61. The van der Waals surface area contributed by atoms with E-state index in [1.165, 1.54) is 0 Å². The third kappa shape index (κ3) is 23.7. The summed E-state index contributed by atoms with van der Waals surface area (Å²) < 4.78 is 134. The Morgan fingerprint density at radius 2 is 0.390 bits per heavy atom. The van der Waals surface area contributed by atoms with Crippen LogP contribution in [-0.2, 0) is 114 Å². The standard InChI is InChI=1S/C74H125NO61/c1-14(85)75-27-39(97)55(23(10-84)117-63(27)113)129-71-54(112)59(133-74-62(46(104)34(92)24(128-74)11-114-64-47(105)40(98)28(86)15(2-76)118-64)136-73-61(45(103)33(91)20(7-81)125-73)135-70-53(111)57(36(94)22(9-83)123-70)131-67-49(107)42(100)30(88)17(4-78)120-67)38(96)26(127-71)12-115-65-51(109)58(132-68-50(108)43(101)31(89)18(5-79)121-68)37(95)25(126-65)13-116-72-60(44(102)32(90)19(6-80)124-72)134-69-52(110)56(35(93)21(8-82)122-69)130-66-48(106)41(99)29(87)16(3-77)119-66/h15-74,76-84,86-113H,2-13H2,1H3,(H,75,85)/t15-,16-,17-,18-,19-,20-,21-,22-,23-,24-,25-,26-,27-,28-,29-,30-,31-,32-,33-,34-,35-,36-,37-,38-,39-,40+,41+,42+,43+,44+,45+,46-,47+,48+,49+,50+,51+,52+,53+,54+,55-,56+,57+,58+,59+,60+,61+,62+,63?,64+,65+,66-,67-,68-,69-,70-,71+,72+,73-,74-/m1/s1. The van der Waals surface area contributed by atoms with E-state index in [0.717, 1.165) is 6.92 Å². The van der Waals surface area contributed by atoms with Crippen LogP contribution in [0.4, 0.5) is 0 Å². The van der Waals surface area contributed by atoms with Crippen LogP contribution in [0.5, 0.6) is 0 Å². The lowest BCUT2D eigenvalue weighted by Crippen LogP contribution is -2.69. The highest BCUT2D eigenvalue weighted by Crippen LogP contribution is 2.42. The lowest BCUT2D eigenvalue weighted by Gasteiger charge is -2.51. The minimum atomic E-state index is -2.72. The van der Waals surface area contributed by atoms with E-state index in [1.807, 2.05) is 0 Å². The molecule has 1 amide bonds. The molecule has 0 bridgehead atoms. The van der Waals surface area contributed by atoms with Crippen LogP contribution >= 0.6 is 0 Å². The predicted molar refractivity (Wildman–Crippen MR) is 407 cm³/mol. The third-order valence-electron chi connectivity index (χ3n) is 25.5. The molecule has 62 heteroatoms. The summed E-state index contributed by atoms with van der Waals surface area (Å²) in [6.45, 7) is -13.0. The molecule has 0 aromatic rings. The molecule has 12 aliphatic heterocycles. The fraction of sp³-hybridized carbons (Fsp3) is 0.986. The number of aliphatic hydroxyl groups is 37. The van der Waals surface area contributed by atoms with Gasteiger partial charge in [0.25, 0.3) is 0 Å². The van der Waals surface area contributed by atoms with Gasteiger partial charge in [-0.3, -0.25) is 4.79 Å². The predicted octanol–water partition coefficient (Wildman–Crippen LogP) is -27.0. The van der Waals surface area contributed by atoms with Crippen molar-refractivity contribution in [3.05, 3.63) is 0 Å². The number of aliphatic hydroxyl groups excluding tert-OH is 37. The first-order chi connectivity index (χ1) is 64.5. The lowest BCUT2D eigenvalue weighted by molar-refractivity contribution is -0.412. The molecule has 792 valence electrons. The molecule has 0 spiro atoms. The average Bonchev–Trinajstić information content (AvgIpc) is 0.770. The maximum Gasteiger partial charge on any atom is 0.217 e. The minimum Gasteiger partial charge on any atom is -0.394 e. The van der Waals surface area contributed by atoms with E-state index in [0.29, 0.717) is 0 Å². The molecule has 0 aliphatic carbocycles. The first-order valence-corrected chi connectivity index (χ1v) is 43.2. The van der Waals surface area contributed by atoms with Crippen molar-refractivity contribution >= 4 is 5.91 Å². The van der Waals surface area contributed by atoms with Crippen molar-refractivity contribution in [1.82, 2.24) is 5.32 Å². The first kappa shape index (κ1) is 112. The number of hydrogen-bond acceptors (Lipinski definition) is 61. The zero-order valence-electron chi connectivity index (χ0n) is 71.5. The van der Waals surface area contributed by atoms with E-state index in [9.17, 15) is 194 Å². The Balaban J connectivity index is 0.880. The molecule has 0 radical (unpaired) electrons. The largest absolute Gasteiger partial charge is 0.394 e. The molecule has 12 heterocycles. The topological polar surface area (TPSA) is 990 Å². The van der Waals surface area contributed by atoms with Crippen LogP contribution < -0.4 is 5.32 Å². The molecule has 12 rings (SSSR count). The van der Waals surface area contributed by atoms with Gasteiger partial charge in [0.15, 0.2) is 75.5 Å². The van der Waals surface area contributed by atoms with Crippen molar-refractivity contribution in [1.29, 1.82) is 0 Å².